The van der Waals surface area contributed by atoms with Gasteiger partial charge in [0.2, 0.25) is 5.91 Å². The number of aryl methyl sites for hydroxylation is 1. The van der Waals surface area contributed by atoms with Crippen LogP contribution >= 0.6 is 11.3 Å². The summed E-state index contributed by atoms with van der Waals surface area (Å²) in [4.78, 5) is 23.4. The van der Waals surface area contributed by atoms with E-state index in [1.54, 1.807) is 24.8 Å². The van der Waals surface area contributed by atoms with Crippen LogP contribution in [0.2, 0.25) is 0 Å². The number of hydrogen-bond acceptors (Lipinski definition) is 6. The summed E-state index contributed by atoms with van der Waals surface area (Å²) in [7, 11) is 1.62. The Bertz CT molecular complexity index is 668. The minimum atomic E-state index is -0.266. The van der Waals surface area contributed by atoms with E-state index in [0.717, 1.165) is 29.5 Å². The fourth-order valence-electron chi connectivity index (χ4n) is 2.80. The maximum absolute atomic E-state index is 12.5. The Hall–Kier alpha value is -1.77. The summed E-state index contributed by atoms with van der Waals surface area (Å²) in [5.41, 5.74) is 2.11. The van der Waals surface area contributed by atoms with Crippen molar-refractivity contribution in [3.8, 4) is 0 Å². The number of aromatic nitrogens is 3. The molecule has 8 heteroatoms. The van der Waals surface area contributed by atoms with E-state index in [1.165, 1.54) is 0 Å². The molecule has 0 bridgehead atoms. The molecule has 0 saturated heterocycles. The molecule has 0 radical (unpaired) electrons. The van der Waals surface area contributed by atoms with Crippen LogP contribution in [0.3, 0.4) is 0 Å². The number of nitrogens with one attached hydrogen (secondary N) is 1. The van der Waals surface area contributed by atoms with Gasteiger partial charge in [0.15, 0.2) is 0 Å². The molecule has 1 atom stereocenters. The van der Waals surface area contributed by atoms with Gasteiger partial charge in [0.1, 0.15) is 6.04 Å². The van der Waals surface area contributed by atoms with E-state index in [1.807, 2.05) is 17.7 Å². The van der Waals surface area contributed by atoms with E-state index in [2.05, 4.69) is 25.6 Å². The number of nitrogens with zero attached hydrogens (tertiary/aromatic N) is 4. The van der Waals surface area contributed by atoms with Crippen LogP contribution in [-0.2, 0) is 22.6 Å². The molecule has 1 aliphatic rings. The van der Waals surface area contributed by atoms with Crippen LogP contribution in [0.25, 0.3) is 0 Å². The molecular weight excluding hydrogens is 314 g/mol. The number of methoxy groups -OCH3 is 1. The van der Waals surface area contributed by atoms with E-state index < -0.39 is 0 Å². The zero-order valence-electron chi connectivity index (χ0n) is 13.4. The largest absolute Gasteiger partial charge is 0.383 e. The van der Waals surface area contributed by atoms with Crippen LogP contribution in [0.4, 0.5) is 0 Å². The fraction of sp³-hybridized carbons (Fsp3) is 0.533. The first kappa shape index (κ1) is 16.1. The van der Waals surface area contributed by atoms with Crippen molar-refractivity contribution in [2.45, 2.75) is 26.1 Å². The maximum atomic E-state index is 12.5. The lowest BCUT2D eigenvalue weighted by Crippen LogP contribution is -2.44. The molecule has 1 N–H and O–H groups in total. The van der Waals surface area contributed by atoms with Gasteiger partial charge in [0.25, 0.3) is 0 Å². The van der Waals surface area contributed by atoms with E-state index in [0.29, 0.717) is 19.7 Å². The minimum absolute atomic E-state index is 0.000424. The number of fused-ring (bicyclic) bond motifs is 1. The van der Waals surface area contributed by atoms with E-state index in [-0.39, 0.29) is 11.9 Å². The number of carbonyl (C=O) groups is 1. The quantitative estimate of drug-likeness (QED) is 0.797. The molecule has 7 nitrogen and oxygen atoms in total. The highest BCUT2D eigenvalue weighted by Crippen LogP contribution is 2.23. The summed E-state index contributed by atoms with van der Waals surface area (Å²) in [5, 5.41) is 6.06. The highest BCUT2D eigenvalue weighted by atomic mass is 32.1. The van der Waals surface area contributed by atoms with Gasteiger partial charge in [0.05, 0.1) is 29.3 Å². The van der Waals surface area contributed by atoms with Crippen molar-refractivity contribution in [3.05, 3.63) is 34.3 Å². The normalized spacial score (nSPS) is 17.9. The van der Waals surface area contributed by atoms with Crippen LogP contribution in [0.1, 0.15) is 22.4 Å². The van der Waals surface area contributed by atoms with Gasteiger partial charge >= 0.3 is 0 Å². The van der Waals surface area contributed by atoms with Gasteiger partial charge < -0.3 is 14.6 Å². The molecule has 23 heavy (non-hydrogen) atoms. The van der Waals surface area contributed by atoms with Gasteiger partial charge in [-0.1, -0.05) is 0 Å². The smallest absolute Gasteiger partial charge is 0.244 e. The molecule has 124 valence electrons. The molecule has 0 aromatic carbocycles. The zero-order valence-corrected chi connectivity index (χ0v) is 14.2. The second-order valence-corrected chi connectivity index (χ2v) is 6.68. The summed E-state index contributed by atoms with van der Waals surface area (Å²) < 4.78 is 6.95. The van der Waals surface area contributed by atoms with Gasteiger partial charge in [-0.3, -0.25) is 9.69 Å². The molecule has 0 aliphatic carbocycles. The Morgan fingerprint density at radius 1 is 1.57 bits per heavy atom. The summed E-state index contributed by atoms with van der Waals surface area (Å²) in [5.74, 6) is 0.000424. The van der Waals surface area contributed by atoms with E-state index in [4.69, 9.17) is 4.74 Å². The van der Waals surface area contributed by atoms with Crippen molar-refractivity contribution in [2.24, 2.45) is 0 Å². The number of imidazole rings is 1. The molecule has 1 amide bonds. The predicted octanol–water partition coefficient (Wildman–Crippen LogP) is 0.968. The number of thiazole rings is 1. The zero-order chi connectivity index (χ0) is 16.2. The summed E-state index contributed by atoms with van der Waals surface area (Å²) in [6.07, 6.45) is 3.56. The Balaban J connectivity index is 1.70. The number of ether oxygens (including phenoxy) is 1. The lowest BCUT2D eigenvalue weighted by atomic mass is 10.1. The van der Waals surface area contributed by atoms with Crippen molar-refractivity contribution in [1.29, 1.82) is 0 Å². The maximum Gasteiger partial charge on any atom is 0.244 e. The third-order valence-electron chi connectivity index (χ3n) is 3.86. The second-order valence-electron chi connectivity index (χ2n) is 5.62. The third-order valence-corrected chi connectivity index (χ3v) is 4.68. The minimum Gasteiger partial charge on any atom is -0.383 e. The molecule has 1 aliphatic heterocycles. The Labute approximate surface area is 139 Å². The molecule has 0 fully saturated rings. The molecule has 2 aromatic heterocycles. The average molecular weight is 335 g/mol. The van der Waals surface area contributed by atoms with Gasteiger partial charge in [-0.2, -0.15) is 0 Å². The first-order chi connectivity index (χ1) is 11.2. The molecule has 0 saturated carbocycles. The van der Waals surface area contributed by atoms with Gasteiger partial charge in [0, 0.05) is 44.9 Å². The van der Waals surface area contributed by atoms with Crippen LogP contribution in [-0.4, -0.2) is 52.1 Å². The van der Waals surface area contributed by atoms with Gasteiger partial charge in [-0.25, -0.2) is 9.97 Å². The number of carbonyl (C=O) groups excluding carboxylic acids is 1. The second kappa shape index (κ2) is 7.20. The molecule has 3 rings (SSSR count). The highest BCUT2D eigenvalue weighted by Gasteiger charge is 2.30. The van der Waals surface area contributed by atoms with E-state index >= 15 is 0 Å². The monoisotopic (exact) mass is 335 g/mol. The van der Waals surface area contributed by atoms with Crippen molar-refractivity contribution in [1.82, 2.24) is 24.8 Å². The molecule has 3 heterocycles. The number of amides is 1. The van der Waals surface area contributed by atoms with Crippen LogP contribution < -0.4 is 5.32 Å². The number of hydrogen-bond donors (Lipinski definition) is 1. The highest BCUT2D eigenvalue weighted by molar-refractivity contribution is 7.09. The van der Waals surface area contributed by atoms with Crippen molar-refractivity contribution >= 4 is 17.2 Å². The third kappa shape index (κ3) is 3.77. The van der Waals surface area contributed by atoms with Crippen LogP contribution in [0.15, 0.2) is 17.9 Å². The summed E-state index contributed by atoms with van der Waals surface area (Å²) in [6, 6.07) is -0.266. The molecule has 0 spiro atoms. The first-order valence-electron chi connectivity index (χ1n) is 7.58. The Morgan fingerprint density at radius 2 is 2.43 bits per heavy atom. The molecule has 1 unspecified atom stereocenters. The van der Waals surface area contributed by atoms with Gasteiger partial charge in [-0.05, 0) is 6.92 Å². The standard InChI is InChI=1S/C15H21N5O2S/c1-11-18-12(9-23-11)6-19-7-13-5-16-10-20(13)14(8-19)15(21)17-3-4-22-2/h5,9-10,14H,3-4,6-8H2,1-2H3,(H,17,21). The van der Waals surface area contributed by atoms with E-state index in [9.17, 15) is 4.79 Å². The number of rotatable bonds is 6. The average Bonchev–Trinajstić information content (AvgIpc) is 3.15. The van der Waals surface area contributed by atoms with Crippen molar-refractivity contribution in [2.75, 3.05) is 26.8 Å². The Kier molecular flexibility index (Phi) is 5.04. The Morgan fingerprint density at radius 3 is 3.17 bits per heavy atom. The topological polar surface area (TPSA) is 72.3 Å². The predicted molar refractivity (Wildman–Crippen MR) is 87.1 cm³/mol. The van der Waals surface area contributed by atoms with Crippen molar-refractivity contribution < 1.29 is 9.53 Å². The van der Waals surface area contributed by atoms with Crippen LogP contribution in [0, 0.1) is 6.92 Å². The van der Waals surface area contributed by atoms with Crippen LogP contribution in [0.5, 0.6) is 0 Å². The SMILES string of the molecule is COCCNC(=O)C1CN(Cc2csc(C)n2)Cc2cncn21. The summed E-state index contributed by atoms with van der Waals surface area (Å²) >= 11 is 1.65. The lowest BCUT2D eigenvalue weighted by Gasteiger charge is -2.33. The summed E-state index contributed by atoms with van der Waals surface area (Å²) in [6.45, 7) is 5.21. The lowest BCUT2D eigenvalue weighted by molar-refractivity contribution is -0.125. The molecular formula is C15H21N5O2S. The van der Waals surface area contributed by atoms with Gasteiger partial charge in [-0.15, -0.1) is 11.3 Å². The molecule has 2 aromatic rings. The first-order valence-corrected chi connectivity index (χ1v) is 8.46. The fourth-order valence-corrected chi connectivity index (χ4v) is 3.40. The van der Waals surface area contributed by atoms with Crippen molar-refractivity contribution in [3.63, 3.8) is 0 Å².